The number of likely N-dealkylation sites (tertiary alicyclic amines) is 1. The number of anilines is 2. The Balaban J connectivity index is 1.83. The molecule has 3 saturated heterocycles. The SMILES string of the molecule is C=CCCOC(=O)[C@@H]1[C@H]2C(=O)N([C@@H](CO)[C@@H](C)CC)C(C(=O)N(CC=C)c3ccc(N(CC)CC)cc3)C23CC(C)[C@@]1(C)O3. The molecular formula is C35H51N3O6. The number of fused-ring (bicyclic) bond motifs is 1. The topological polar surface area (TPSA) is 99.6 Å². The Hall–Kier alpha value is -3.17. The van der Waals surface area contributed by atoms with E-state index in [1.54, 1.807) is 22.0 Å². The summed E-state index contributed by atoms with van der Waals surface area (Å²) in [7, 11) is 0. The molecule has 0 aromatic heterocycles. The van der Waals surface area contributed by atoms with Gasteiger partial charge in [0.15, 0.2) is 0 Å². The first-order chi connectivity index (χ1) is 21.0. The maximum absolute atomic E-state index is 15.0. The van der Waals surface area contributed by atoms with E-state index in [2.05, 4.69) is 31.9 Å². The van der Waals surface area contributed by atoms with Crippen LogP contribution < -0.4 is 9.80 Å². The number of ether oxygens (including phenoxy) is 2. The summed E-state index contributed by atoms with van der Waals surface area (Å²) in [6, 6.07) is 6.16. The zero-order valence-electron chi connectivity index (χ0n) is 27.3. The Morgan fingerprint density at radius 2 is 1.80 bits per heavy atom. The van der Waals surface area contributed by atoms with Crippen LogP contribution in [0.2, 0.25) is 0 Å². The van der Waals surface area contributed by atoms with Gasteiger partial charge in [-0.2, -0.15) is 0 Å². The summed E-state index contributed by atoms with van der Waals surface area (Å²) in [4.78, 5) is 48.7. The number of nitrogens with zero attached hydrogens (tertiary/aromatic N) is 3. The van der Waals surface area contributed by atoms with Crippen LogP contribution in [0.15, 0.2) is 49.6 Å². The highest BCUT2D eigenvalue weighted by molar-refractivity contribution is 6.05. The first kappa shape index (κ1) is 33.7. The summed E-state index contributed by atoms with van der Waals surface area (Å²) in [5.41, 5.74) is -0.494. The van der Waals surface area contributed by atoms with E-state index in [4.69, 9.17) is 9.47 Å². The molecule has 4 rings (SSSR count). The quantitative estimate of drug-likeness (QED) is 0.176. The van der Waals surface area contributed by atoms with Crippen LogP contribution in [-0.2, 0) is 23.9 Å². The van der Waals surface area contributed by atoms with Crippen molar-refractivity contribution in [1.29, 1.82) is 0 Å². The lowest BCUT2D eigenvalue weighted by Gasteiger charge is -2.41. The van der Waals surface area contributed by atoms with Gasteiger partial charge < -0.3 is 29.3 Å². The van der Waals surface area contributed by atoms with Gasteiger partial charge in [-0.1, -0.05) is 39.3 Å². The predicted octanol–water partition coefficient (Wildman–Crippen LogP) is 4.59. The molecule has 9 heteroatoms. The highest BCUT2D eigenvalue weighted by atomic mass is 16.6. The van der Waals surface area contributed by atoms with Gasteiger partial charge in [0, 0.05) is 31.0 Å². The zero-order chi connectivity index (χ0) is 32.4. The van der Waals surface area contributed by atoms with Crippen molar-refractivity contribution in [1.82, 2.24) is 4.90 Å². The van der Waals surface area contributed by atoms with Gasteiger partial charge in [0.25, 0.3) is 5.91 Å². The van der Waals surface area contributed by atoms with E-state index in [0.717, 1.165) is 18.8 Å². The van der Waals surface area contributed by atoms with E-state index < -0.39 is 41.1 Å². The minimum Gasteiger partial charge on any atom is -0.465 e. The molecule has 3 unspecified atom stereocenters. The predicted molar refractivity (Wildman–Crippen MR) is 172 cm³/mol. The molecular weight excluding hydrogens is 558 g/mol. The normalized spacial score (nSPS) is 30.1. The minimum absolute atomic E-state index is 0.0983. The molecule has 3 fully saturated rings. The largest absolute Gasteiger partial charge is 0.465 e. The molecule has 242 valence electrons. The Morgan fingerprint density at radius 1 is 1.16 bits per heavy atom. The van der Waals surface area contributed by atoms with Gasteiger partial charge in [-0.25, -0.2) is 0 Å². The number of carbonyl (C=O) groups excluding carboxylic acids is 3. The average Bonchev–Trinajstić information content (AvgIpc) is 3.53. The van der Waals surface area contributed by atoms with E-state index in [9.17, 15) is 19.5 Å². The van der Waals surface area contributed by atoms with Gasteiger partial charge in [-0.15, -0.1) is 13.2 Å². The van der Waals surface area contributed by atoms with Gasteiger partial charge in [-0.3, -0.25) is 14.4 Å². The standard InChI is InChI=1S/C35H51N3O6/c1-9-14-20-43-33(42)29-28-31(40)38(27(22-39)23(6)11-3)30(35(28)21-24(7)34(29,8)44-35)32(41)37(19-10-2)26-17-15-25(16-18-26)36(12-4)13-5/h9-10,15-18,23-24,27-30,39H,1-2,11-14,19-22H2,3-8H3/t23-,24?,27-,28-,29-,30?,34+,35?/m0/s1. The van der Waals surface area contributed by atoms with Crippen molar-refractivity contribution in [3.8, 4) is 0 Å². The van der Waals surface area contributed by atoms with Gasteiger partial charge in [0.05, 0.1) is 30.8 Å². The van der Waals surface area contributed by atoms with Crippen molar-refractivity contribution in [3.63, 3.8) is 0 Å². The van der Waals surface area contributed by atoms with Crippen LogP contribution in [0.4, 0.5) is 11.4 Å². The monoisotopic (exact) mass is 609 g/mol. The lowest BCUT2D eigenvalue weighted by Crippen LogP contribution is -2.60. The van der Waals surface area contributed by atoms with Gasteiger partial charge in [0.1, 0.15) is 17.6 Å². The molecule has 1 aromatic rings. The van der Waals surface area contributed by atoms with Crippen LogP contribution >= 0.6 is 0 Å². The lowest BCUT2D eigenvalue weighted by molar-refractivity contribution is -0.162. The second kappa shape index (κ2) is 13.4. The van der Waals surface area contributed by atoms with Gasteiger partial charge >= 0.3 is 5.97 Å². The molecule has 44 heavy (non-hydrogen) atoms. The Kier molecular flexibility index (Phi) is 10.3. The van der Waals surface area contributed by atoms with Crippen LogP contribution in [-0.4, -0.2) is 83.9 Å². The first-order valence-corrected chi connectivity index (χ1v) is 16.2. The van der Waals surface area contributed by atoms with E-state index in [1.165, 1.54) is 0 Å². The van der Waals surface area contributed by atoms with Crippen LogP contribution in [0.3, 0.4) is 0 Å². The molecule has 0 saturated carbocycles. The van der Waals surface area contributed by atoms with Crippen LogP contribution in [0.25, 0.3) is 0 Å². The highest BCUT2D eigenvalue weighted by Gasteiger charge is 2.81. The Labute approximate surface area is 262 Å². The van der Waals surface area contributed by atoms with Crippen molar-refractivity contribution in [2.24, 2.45) is 23.7 Å². The van der Waals surface area contributed by atoms with Gasteiger partial charge in [-0.05, 0) is 69.7 Å². The van der Waals surface area contributed by atoms with Crippen LogP contribution in [0, 0.1) is 23.7 Å². The second-order valence-corrected chi connectivity index (χ2v) is 12.8. The Bertz CT molecular complexity index is 1230. The second-order valence-electron chi connectivity index (χ2n) is 12.8. The number of hydrogen-bond acceptors (Lipinski definition) is 7. The summed E-state index contributed by atoms with van der Waals surface area (Å²) >= 11 is 0. The van der Waals surface area contributed by atoms with Crippen molar-refractivity contribution in [3.05, 3.63) is 49.6 Å². The molecule has 1 N–H and O–H groups in total. The first-order valence-electron chi connectivity index (χ1n) is 16.2. The summed E-state index contributed by atoms with van der Waals surface area (Å²) in [5.74, 6) is -3.12. The number of rotatable bonds is 15. The molecule has 3 aliphatic heterocycles. The average molecular weight is 610 g/mol. The Morgan fingerprint density at radius 3 is 2.34 bits per heavy atom. The van der Waals surface area contributed by atoms with Crippen molar-refractivity contribution in [2.45, 2.75) is 84.1 Å². The van der Waals surface area contributed by atoms with Crippen LogP contribution in [0.1, 0.15) is 60.8 Å². The molecule has 0 aliphatic carbocycles. The lowest BCUT2D eigenvalue weighted by atomic mass is 9.62. The molecule has 0 radical (unpaired) electrons. The summed E-state index contributed by atoms with van der Waals surface area (Å²) in [5, 5.41) is 10.7. The molecule has 8 atom stereocenters. The molecule has 3 heterocycles. The maximum Gasteiger partial charge on any atom is 0.312 e. The fraction of sp³-hybridized carbons (Fsp3) is 0.629. The molecule has 9 nitrogen and oxygen atoms in total. The van der Waals surface area contributed by atoms with E-state index in [-0.39, 0.29) is 43.4 Å². The summed E-state index contributed by atoms with van der Waals surface area (Å²) in [6.07, 6.45) is 4.96. The smallest absolute Gasteiger partial charge is 0.312 e. The fourth-order valence-electron chi connectivity index (χ4n) is 7.85. The third-order valence-corrected chi connectivity index (χ3v) is 10.5. The van der Waals surface area contributed by atoms with E-state index in [1.807, 2.05) is 52.0 Å². The van der Waals surface area contributed by atoms with Crippen molar-refractivity contribution in [2.75, 3.05) is 42.6 Å². The molecule has 2 bridgehead atoms. The summed E-state index contributed by atoms with van der Waals surface area (Å²) in [6.45, 7) is 21.4. The molecule has 1 spiro atoms. The summed E-state index contributed by atoms with van der Waals surface area (Å²) < 4.78 is 12.5. The maximum atomic E-state index is 15.0. The highest BCUT2D eigenvalue weighted by Crippen LogP contribution is 2.66. The molecule has 3 aliphatic rings. The number of benzene rings is 1. The number of amides is 2. The molecule has 2 amide bonds. The van der Waals surface area contributed by atoms with Crippen molar-refractivity contribution >= 4 is 29.2 Å². The fourth-order valence-corrected chi connectivity index (χ4v) is 7.85. The number of aliphatic hydroxyl groups excluding tert-OH is 1. The van der Waals surface area contributed by atoms with E-state index in [0.29, 0.717) is 24.9 Å². The van der Waals surface area contributed by atoms with E-state index >= 15 is 0 Å². The van der Waals surface area contributed by atoms with Gasteiger partial charge in [0.2, 0.25) is 5.91 Å². The number of carbonyl (C=O) groups is 3. The third kappa shape index (κ3) is 5.36. The number of aliphatic hydroxyl groups is 1. The number of hydrogen-bond donors (Lipinski definition) is 1. The zero-order valence-corrected chi connectivity index (χ0v) is 27.3. The third-order valence-electron chi connectivity index (χ3n) is 10.5. The minimum atomic E-state index is -1.24. The van der Waals surface area contributed by atoms with Crippen molar-refractivity contribution < 1.29 is 29.0 Å². The number of esters is 1. The molecule has 1 aromatic carbocycles. The van der Waals surface area contributed by atoms with Crippen LogP contribution in [0.5, 0.6) is 0 Å².